The number of methoxy groups -OCH3 is 1. The highest BCUT2D eigenvalue weighted by molar-refractivity contribution is 7.87. The second-order valence-electron chi connectivity index (χ2n) is 7.42. The van der Waals surface area contributed by atoms with Crippen molar-refractivity contribution >= 4 is 16.1 Å². The molecule has 0 radical (unpaired) electrons. The summed E-state index contributed by atoms with van der Waals surface area (Å²) < 4.78 is 66.5. The number of hydrogen-bond donors (Lipinski definition) is 1. The Kier molecular flexibility index (Phi) is 3.77. The van der Waals surface area contributed by atoms with Crippen molar-refractivity contribution < 1.29 is 36.0 Å². The highest BCUT2D eigenvalue weighted by Crippen LogP contribution is 2.62. The lowest BCUT2D eigenvalue weighted by molar-refractivity contribution is -0.201. The fraction of sp³-hybridized carbons (Fsp3) is 0.929. The van der Waals surface area contributed by atoms with Crippen molar-refractivity contribution in [3.05, 3.63) is 0 Å². The Balaban J connectivity index is 1.72. The minimum absolute atomic E-state index is 0.269. The molecule has 0 aromatic carbocycles. The molecular weight excluding hydrogens is 334 g/mol. The third-order valence-corrected chi connectivity index (χ3v) is 6.45. The number of halogens is 2. The fourth-order valence-corrected chi connectivity index (χ4v) is 5.45. The van der Waals surface area contributed by atoms with Crippen molar-refractivity contribution in [2.24, 2.45) is 17.3 Å². The van der Waals surface area contributed by atoms with Gasteiger partial charge in [0.05, 0.1) is 12.2 Å². The molecule has 4 aliphatic rings. The van der Waals surface area contributed by atoms with E-state index in [0.717, 1.165) is 32.1 Å². The van der Waals surface area contributed by atoms with Crippen LogP contribution < -0.4 is 0 Å². The Morgan fingerprint density at radius 2 is 1.83 bits per heavy atom. The standard InChI is InChI=1S/C14H20F2O6S/c1-21-13-5-9-2-10(6-13)4-12(3-9,7-13)8-22-11(17)14(15,16)23(18,19)20/h9-10H,2-8H2,1H3,(H,18,19,20). The molecule has 0 spiro atoms. The van der Waals surface area contributed by atoms with E-state index in [9.17, 15) is 22.0 Å². The first-order chi connectivity index (χ1) is 10.5. The molecule has 0 amide bonds. The van der Waals surface area contributed by atoms with Crippen LogP contribution in [-0.4, -0.2) is 43.5 Å². The average Bonchev–Trinajstić information content (AvgIpc) is 2.42. The predicted molar refractivity (Wildman–Crippen MR) is 74.3 cm³/mol. The molecule has 0 saturated heterocycles. The highest BCUT2D eigenvalue weighted by Gasteiger charge is 2.60. The van der Waals surface area contributed by atoms with Gasteiger partial charge in [0.1, 0.15) is 0 Å². The number of carbonyl (C=O) groups excluding carboxylic acids is 1. The number of carbonyl (C=O) groups is 1. The van der Waals surface area contributed by atoms with E-state index in [4.69, 9.17) is 9.29 Å². The van der Waals surface area contributed by atoms with Crippen LogP contribution in [0.15, 0.2) is 0 Å². The van der Waals surface area contributed by atoms with E-state index in [-0.39, 0.29) is 12.2 Å². The maximum absolute atomic E-state index is 13.3. The minimum atomic E-state index is -5.83. The van der Waals surface area contributed by atoms with Gasteiger partial charge in [-0.05, 0) is 50.4 Å². The summed E-state index contributed by atoms with van der Waals surface area (Å²) in [5, 5.41) is -4.94. The zero-order chi connectivity index (χ0) is 17.1. The van der Waals surface area contributed by atoms with Gasteiger partial charge in [-0.15, -0.1) is 0 Å². The number of esters is 1. The largest absolute Gasteiger partial charge is 0.465 e. The first kappa shape index (κ1) is 17.0. The van der Waals surface area contributed by atoms with Crippen molar-refractivity contribution in [1.82, 2.24) is 0 Å². The molecule has 4 aliphatic carbocycles. The molecule has 2 atom stereocenters. The molecular formula is C14H20F2O6S. The third kappa shape index (κ3) is 2.76. The second kappa shape index (κ2) is 5.10. The molecule has 23 heavy (non-hydrogen) atoms. The Morgan fingerprint density at radius 3 is 2.30 bits per heavy atom. The lowest BCUT2D eigenvalue weighted by atomic mass is 9.48. The van der Waals surface area contributed by atoms with E-state index in [2.05, 4.69) is 4.74 Å². The monoisotopic (exact) mass is 354 g/mol. The Morgan fingerprint density at radius 1 is 1.26 bits per heavy atom. The molecule has 0 aromatic heterocycles. The van der Waals surface area contributed by atoms with Crippen LogP contribution in [0.25, 0.3) is 0 Å². The van der Waals surface area contributed by atoms with E-state index >= 15 is 0 Å². The normalized spacial score (nSPS) is 39.5. The summed E-state index contributed by atoms with van der Waals surface area (Å²) in [6.45, 7) is -0.269. The SMILES string of the molecule is COC12CC3CC(CC(COC(=O)C(F)(F)S(=O)(=O)O)(C3)C1)C2. The summed E-state index contributed by atoms with van der Waals surface area (Å²) in [5.74, 6) is -1.39. The van der Waals surface area contributed by atoms with Gasteiger partial charge >= 0.3 is 21.3 Å². The van der Waals surface area contributed by atoms with Gasteiger partial charge in [0.2, 0.25) is 0 Å². The maximum atomic E-state index is 13.3. The van der Waals surface area contributed by atoms with E-state index in [1.807, 2.05) is 0 Å². The summed E-state index contributed by atoms with van der Waals surface area (Å²) in [5.41, 5.74) is -0.729. The molecule has 4 fully saturated rings. The van der Waals surface area contributed by atoms with Crippen molar-refractivity contribution in [2.75, 3.05) is 13.7 Å². The summed E-state index contributed by atoms with van der Waals surface area (Å²) in [7, 11) is -4.19. The van der Waals surface area contributed by atoms with Crippen LogP contribution in [0, 0.1) is 17.3 Å². The number of rotatable bonds is 5. The van der Waals surface area contributed by atoms with Crippen LogP contribution in [0.4, 0.5) is 8.78 Å². The van der Waals surface area contributed by atoms with E-state index < -0.39 is 26.8 Å². The molecule has 4 rings (SSSR count). The molecule has 0 heterocycles. The Hall–Kier alpha value is -0.800. The van der Waals surface area contributed by atoms with Crippen LogP contribution in [0.1, 0.15) is 38.5 Å². The zero-order valence-corrected chi connectivity index (χ0v) is 13.6. The molecule has 0 aliphatic heterocycles. The molecule has 132 valence electrons. The van der Waals surface area contributed by atoms with Crippen LogP contribution in [0.2, 0.25) is 0 Å². The van der Waals surface area contributed by atoms with E-state index in [1.165, 1.54) is 0 Å². The van der Waals surface area contributed by atoms with Crippen LogP contribution >= 0.6 is 0 Å². The smallest absolute Gasteiger partial charge is 0.460 e. The highest BCUT2D eigenvalue weighted by atomic mass is 32.2. The van der Waals surface area contributed by atoms with E-state index in [1.54, 1.807) is 7.11 Å². The number of ether oxygens (including phenoxy) is 2. The van der Waals surface area contributed by atoms with Gasteiger partial charge in [0.15, 0.2) is 0 Å². The topological polar surface area (TPSA) is 89.9 Å². The van der Waals surface area contributed by atoms with Gasteiger partial charge in [0.25, 0.3) is 0 Å². The zero-order valence-electron chi connectivity index (χ0n) is 12.8. The molecule has 6 nitrogen and oxygen atoms in total. The summed E-state index contributed by atoms with van der Waals surface area (Å²) >= 11 is 0. The van der Waals surface area contributed by atoms with Gasteiger partial charge in [-0.2, -0.15) is 17.2 Å². The average molecular weight is 354 g/mol. The van der Waals surface area contributed by atoms with Gasteiger partial charge in [-0.25, -0.2) is 4.79 Å². The molecule has 4 saturated carbocycles. The van der Waals surface area contributed by atoms with Crippen molar-refractivity contribution in [3.8, 4) is 0 Å². The van der Waals surface area contributed by atoms with Crippen molar-refractivity contribution in [2.45, 2.75) is 49.4 Å². The van der Waals surface area contributed by atoms with Crippen molar-refractivity contribution in [1.29, 1.82) is 0 Å². The molecule has 1 N–H and O–H groups in total. The fourth-order valence-electron chi connectivity index (χ4n) is 5.18. The van der Waals surface area contributed by atoms with Gasteiger partial charge in [-0.3, -0.25) is 4.55 Å². The van der Waals surface area contributed by atoms with Crippen LogP contribution in [0.3, 0.4) is 0 Å². The Labute approximate surface area is 133 Å². The predicted octanol–water partition coefficient (Wildman–Crippen LogP) is 2.00. The summed E-state index contributed by atoms with van der Waals surface area (Å²) in [6, 6.07) is 0. The summed E-state index contributed by atoms with van der Waals surface area (Å²) in [4.78, 5) is 11.4. The number of alkyl halides is 2. The van der Waals surface area contributed by atoms with Gasteiger partial charge < -0.3 is 9.47 Å². The lowest BCUT2D eigenvalue weighted by Gasteiger charge is -2.61. The van der Waals surface area contributed by atoms with Crippen LogP contribution in [0.5, 0.6) is 0 Å². The first-order valence-corrected chi connectivity index (χ1v) is 9.02. The van der Waals surface area contributed by atoms with Crippen LogP contribution in [-0.2, 0) is 24.4 Å². The Bertz CT molecular complexity index is 603. The third-order valence-electron chi connectivity index (χ3n) is 5.63. The maximum Gasteiger partial charge on any atom is 0.465 e. The second-order valence-corrected chi connectivity index (χ2v) is 8.88. The van der Waals surface area contributed by atoms with Crippen molar-refractivity contribution in [3.63, 3.8) is 0 Å². The lowest BCUT2D eigenvalue weighted by Crippen LogP contribution is -2.58. The van der Waals surface area contributed by atoms with Gasteiger partial charge in [-0.1, -0.05) is 0 Å². The summed E-state index contributed by atoms with van der Waals surface area (Å²) in [6.07, 6.45) is 5.07. The molecule has 9 heteroatoms. The van der Waals surface area contributed by atoms with E-state index in [0.29, 0.717) is 18.3 Å². The van der Waals surface area contributed by atoms with Gasteiger partial charge in [0, 0.05) is 12.5 Å². The quantitative estimate of drug-likeness (QED) is 0.600. The number of hydrogen-bond acceptors (Lipinski definition) is 5. The molecule has 4 bridgehead atoms. The molecule has 2 unspecified atom stereocenters. The first-order valence-electron chi connectivity index (χ1n) is 7.58. The molecule has 0 aromatic rings. The minimum Gasteiger partial charge on any atom is -0.460 e.